The second kappa shape index (κ2) is 6.02. The van der Waals surface area contributed by atoms with E-state index in [0.29, 0.717) is 18.5 Å². The second-order valence-electron chi connectivity index (χ2n) is 5.53. The van der Waals surface area contributed by atoms with Crippen molar-refractivity contribution in [2.24, 2.45) is 0 Å². The molecule has 3 rings (SSSR count). The summed E-state index contributed by atoms with van der Waals surface area (Å²) in [6, 6.07) is 14.8. The molecule has 1 unspecified atom stereocenters. The summed E-state index contributed by atoms with van der Waals surface area (Å²) in [7, 11) is 0. The number of amides is 2. The standard InChI is InChI=1S/C18H18N2O2/c1-12-6-2-3-8-14(12)11-19-18(22)16-10-13-7-4-5-9-15(13)17(21)20-16/h2-9,16H,10-11H2,1H3,(H,19,22)(H,20,21). The predicted molar refractivity (Wildman–Crippen MR) is 84.4 cm³/mol. The predicted octanol–water partition coefficient (Wildman–Crippen LogP) is 1.97. The molecule has 1 aliphatic rings. The molecular weight excluding hydrogens is 276 g/mol. The van der Waals surface area contributed by atoms with Crippen LogP contribution in [-0.2, 0) is 17.8 Å². The lowest BCUT2D eigenvalue weighted by Gasteiger charge is -2.24. The third-order valence-electron chi connectivity index (χ3n) is 4.02. The molecule has 4 heteroatoms. The summed E-state index contributed by atoms with van der Waals surface area (Å²) < 4.78 is 0. The number of carbonyl (C=O) groups excluding carboxylic acids is 2. The Kier molecular flexibility index (Phi) is 3.92. The van der Waals surface area contributed by atoms with Crippen molar-refractivity contribution in [1.29, 1.82) is 0 Å². The molecule has 2 amide bonds. The van der Waals surface area contributed by atoms with Gasteiger partial charge in [-0.2, -0.15) is 0 Å². The van der Waals surface area contributed by atoms with E-state index in [1.54, 1.807) is 6.07 Å². The molecule has 2 aromatic carbocycles. The van der Waals surface area contributed by atoms with E-state index in [-0.39, 0.29) is 11.8 Å². The number of carbonyl (C=O) groups is 2. The average Bonchev–Trinajstić information content (AvgIpc) is 2.54. The molecule has 0 aromatic heterocycles. The minimum atomic E-state index is -0.508. The SMILES string of the molecule is Cc1ccccc1CNC(=O)C1Cc2ccccc2C(=O)N1. The third-order valence-corrected chi connectivity index (χ3v) is 4.02. The third kappa shape index (κ3) is 2.86. The first-order valence-electron chi connectivity index (χ1n) is 7.36. The lowest BCUT2D eigenvalue weighted by Crippen LogP contribution is -2.50. The van der Waals surface area contributed by atoms with Crippen LogP contribution in [0, 0.1) is 6.92 Å². The number of hydrogen-bond acceptors (Lipinski definition) is 2. The highest BCUT2D eigenvalue weighted by Gasteiger charge is 2.28. The maximum atomic E-state index is 12.3. The van der Waals surface area contributed by atoms with Crippen molar-refractivity contribution in [3.8, 4) is 0 Å². The average molecular weight is 294 g/mol. The summed E-state index contributed by atoms with van der Waals surface area (Å²) in [5.74, 6) is -0.330. The van der Waals surface area contributed by atoms with Crippen LogP contribution in [0.3, 0.4) is 0 Å². The zero-order chi connectivity index (χ0) is 15.5. The summed E-state index contributed by atoms with van der Waals surface area (Å²) in [6.07, 6.45) is 0.529. The number of aryl methyl sites for hydroxylation is 1. The van der Waals surface area contributed by atoms with Gasteiger partial charge >= 0.3 is 0 Å². The summed E-state index contributed by atoms with van der Waals surface area (Å²) in [5.41, 5.74) is 3.80. The Bertz CT molecular complexity index is 725. The van der Waals surface area contributed by atoms with Crippen molar-refractivity contribution in [2.45, 2.75) is 25.9 Å². The Morgan fingerprint density at radius 3 is 2.73 bits per heavy atom. The Morgan fingerprint density at radius 2 is 1.91 bits per heavy atom. The molecule has 0 spiro atoms. The van der Waals surface area contributed by atoms with E-state index in [0.717, 1.165) is 16.7 Å². The van der Waals surface area contributed by atoms with Gasteiger partial charge in [-0.05, 0) is 29.7 Å². The Morgan fingerprint density at radius 1 is 1.18 bits per heavy atom. The second-order valence-corrected chi connectivity index (χ2v) is 5.53. The lowest BCUT2D eigenvalue weighted by atomic mass is 9.95. The zero-order valence-corrected chi connectivity index (χ0v) is 12.4. The molecule has 0 radical (unpaired) electrons. The topological polar surface area (TPSA) is 58.2 Å². The van der Waals surface area contributed by atoms with Gasteiger partial charge in [-0.1, -0.05) is 42.5 Å². The van der Waals surface area contributed by atoms with Crippen LogP contribution in [0.2, 0.25) is 0 Å². The highest BCUT2D eigenvalue weighted by molar-refractivity contribution is 6.00. The van der Waals surface area contributed by atoms with Gasteiger partial charge in [0.05, 0.1) is 0 Å². The molecule has 1 atom stereocenters. The molecule has 4 nitrogen and oxygen atoms in total. The Hall–Kier alpha value is -2.62. The van der Waals surface area contributed by atoms with Crippen LogP contribution in [0.1, 0.15) is 27.0 Å². The molecular formula is C18H18N2O2. The van der Waals surface area contributed by atoms with Crippen molar-refractivity contribution in [2.75, 3.05) is 0 Å². The smallest absolute Gasteiger partial charge is 0.252 e. The van der Waals surface area contributed by atoms with Gasteiger partial charge < -0.3 is 10.6 Å². The van der Waals surface area contributed by atoms with E-state index in [1.165, 1.54) is 0 Å². The van der Waals surface area contributed by atoms with Crippen molar-refractivity contribution in [1.82, 2.24) is 10.6 Å². The summed E-state index contributed by atoms with van der Waals surface area (Å²) in [6.45, 7) is 2.49. The maximum absolute atomic E-state index is 12.3. The molecule has 0 aliphatic carbocycles. The van der Waals surface area contributed by atoms with Crippen molar-refractivity contribution >= 4 is 11.8 Å². The van der Waals surface area contributed by atoms with E-state index in [9.17, 15) is 9.59 Å². The van der Waals surface area contributed by atoms with Gasteiger partial charge in [-0.15, -0.1) is 0 Å². The minimum absolute atomic E-state index is 0.147. The fourth-order valence-electron chi connectivity index (χ4n) is 2.70. The molecule has 2 aromatic rings. The van der Waals surface area contributed by atoms with Crippen LogP contribution < -0.4 is 10.6 Å². The van der Waals surface area contributed by atoms with Gasteiger partial charge in [-0.25, -0.2) is 0 Å². The highest BCUT2D eigenvalue weighted by atomic mass is 16.2. The van der Waals surface area contributed by atoms with Crippen LogP contribution in [0.5, 0.6) is 0 Å². The normalized spacial score (nSPS) is 16.6. The Labute approximate surface area is 129 Å². The summed E-state index contributed by atoms with van der Waals surface area (Å²) >= 11 is 0. The van der Waals surface area contributed by atoms with Gasteiger partial charge in [0, 0.05) is 18.5 Å². The van der Waals surface area contributed by atoms with Crippen LogP contribution in [0.25, 0.3) is 0 Å². The monoisotopic (exact) mass is 294 g/mol. The van der Waals surface area contributed by atoms with Crippen molar-refractivity contribution in [3.63, 3.8) is 0 Å². The van der Waals surface area contributed by atoms with Crippen LogP contribution in [0.4, 0.5) is 0 Å². The minimum Gasteiger partial charge on any atom is -0.350 e. The molecule has 0 fully saturated rings. The van der Waals surface area contributed by atoms with Crippen LogP contribution in [0.15, 0.2) is 48.5 Å². The number of fused-ring (bicyclic) bond motifs is 1. The molecule has 0 bridgehead atoms. The first kappa shape index (κ1) is 14.3. The molecule has 0 saturated carbocycles. The van der Waals surface area contributed by atoms with Crippen LogP contribution >= 0.6 is 0 Å². The van der Waals surface area contributed by atoms with E-state index in [2.05, 4.69) is 10.6 Å². The number of benzene rings is 2. The quantitative estimate of drug-likeness (QED) is 0.909. The number of hydrogen-bond donors (Lipinski definition) is 2. The van der Waals surface area contributed by atoms with Gasteiger partial charge in [0.1, 0.15) is 6.04 Å². The fourth-order valence-corrected chi connectivity index (χ4v) is 2.70. The van der Waals surface area contributed by atoms with Gasteiger partial charge in [-0.3, -0.25) is 9.59 Å². The van der Waals surface area contributed by atoms with Crippen LogP contribution in [-0.4, -0.2) is 17.9 Å². The zero-order valence-electron chi connectivity index (χ0n) is 12.4. The fraction of sp³-hybridized carbons (Fsp3) is 0.222. The molecule has 1 heterocycles. The van der Waals surface area contributed by atoms with E-state index < -0.39 is 6.04 Å². The van der Waals surface area contributed by atoms with E-state index in [1.807, 2.05) is 49.4 Å². The van der Waals surface area contributed by atoms with Gasteiger partial charge in [0.2, 0.25) is 5.91 Å². The molecule has 22 heavy (non-hydrogen) atoms. The largest absolute Gasteiger partial charge is 0.350 e. The summed E-state index contributed by atoms with van der Waals surface area (Å²) in [4.78, 5) is 24.3. The van der Waals surface area contributed by atoms with E-state index in [4.69, 9.17) is 0 Å². The van der Waals surface area contributed by atoms with Gasteiger partial charge in [0.25, 0.3) is 5.91 Å². The van der Waals surface area contributed by atoms with Gasteiger partial charge in [0.15, 0.2) is 0 Å². The number of rotatable bonds is 3. The first-order valence-corrected chi connectivity index (χ1v) is 7.36. The highest BCUT2D eigenvalue weighted by Crippen LogP contribution is 2.16. The number of nitrogens with one attached hydrogen (secondary N) is 2. The maximum Gasteiger partial charge on any atom is 0.252 e. The molecule has 112 valence electrons. The van der Waals surface area contributed by atoms with Crippen molar-refractivity contribution in [3.05, 3.63) is 70.8 Å². The lowest BCUT2D eigenvalue weighted by molar-refractivity contribution is -0.123. The molecule has 2 N–H and O–H groups in total. The Balaban J connectivity index is 1.67. The summed E-state index contributed by atoms with van der Waals surface area (Å²) in [5, 5.41) is 5.68. The molecule has 1 aliphatic heterocycles. The van der Waals surface area contributed by atoms with Crippen molar-refractivity contribution < 1.29 is 9.59 Å². The first-order chi connectivity index (χ1) is 10.6. The van der Waals surface area contributed by atoms with E-state index >= 15 is 0 Å². The molecule has 0 saturated heterocycles.